The van der Waals surface area contributed by atoms with Crippen molar-refractivity contribution in [2.75, 3.05) is 42.6 Å². The fourth-order valence-corrected chi connectivity index (χ4v) is 8.60. The molecular formula is C46H44F2N6O3S. The minimum Gasteiger partial charge on any atom is -0.398 e. The number of likely N-dealkylation sites (N-methyl/N-ethyl adjacent to an activating group) is 1. The Labute approximate surface area is 337 Å². The second-order valence-corrected chi connectivity index (χ2v) is 16.6. The van der Waals surface area contributed by atoms with Crippen LogP contribution in [0.4, 0.5) is 26.0 Å². The number of fused-ring (bicyclic) bond motifs is 1. The zero-order valence-electron chi connectivity index (χ0n) is 32.4. The van der Waals surface area contributed by atoms with Gasteiger partial charge in [0, 0.05) is 43.0 Å². The number of halogens is 2. The smallest absolute Gasteiger partial charge is 0.258 e. The molecule has 4 N–H and O–H groups in total. The Morgan fingerprint density at radius 2 is 1.34 bits per heavy atom. The first kappa shape index (κ1) is 39.8. The largest absolute Gasteiger partial charge is 0.398 e. The number of nitrogens with two attached hydrogens (primary N) is 1. The third-order valence-corrected chi connectivity index (χ3v) is 11.9. The van der Waals surface area contributed by atoms with Crippen molar-refractivity contribution in [3.63, 3.8) is 0 Å². The second kappa shape index (κ2) is 16.6. The van der Waals surface area contributed by atoms with E-state index in [2.05, 4.69) is 24.5 Å². The summed E-state index contributed by atoms with van der Waals surface area (Å²) in [6.45, 7) is 6.70. The van der Waals surface area contributed by atoms with Crippen molar-refractivity contribution < 1.29 is 22.0 Å². The Bertz CT molecular complexity index is 2560. The molecule has 1 amide bonds. The zero-order chi connectivity index (χ0) is 41.0. The second-order valence-electron chi connectivity index (χ2n) is 14.6. The van der Waals surface area contributed by atoms with Gasteiger partial charge in [0.1, 0.15) is 17.2 Å². The highest BCUT2D eigenvalue weighted by atomic mass is 32.2. The summed E-state index contributed by atoms with van der Waals surface area (Å²) in [4.78, 5) is 15.5. The van der Waals surface area contributed by atoms with Gasteiger partial charge in [0.25, 0.3) is 5.91 Å². The van der Waals surface area contributed by atoms with Gasteiger partial charge in [-0.25, -0.2) is 21.9 Å². The van der Waals surface area contributed by atoms with Crippen molar-refractivity contribution in [3.05, 3.63) is 179 Å². The zero-order valence-corrected chi connectivity index (χ0v) is 33.2. The van der Waals surface area contributed by atoms with Gasteiger partial charge in [0.15, 0.2) is 5.82 Å². The van der Waals surface area contributed by atoms with E-state index in [1.165, 1.54) is 12.1 Å². The first-order valence-corrected chi connectivity index (χ1v) is 20.4. The molecule has 0 fully saturated rings. The van der Waals surface area contributed by atoms with Gasteiger partial charge in [-0.05, 0) is 77.7 Å². The number of carbonyl (C=O) groups excluding carboxylic acids is 1. The average Bonchev–Trinajstić information content (AvgIpc) is 3.57. The van der Waals surface area contributed by atoms with Gasteiger partial charge in [-0.15, -0.1) is 0 Å². The van der Waals surface area contributed by atoms with E-state index in [1.54, 1.807) is 22.9 Å². The van der Waals surface area contributed by atoms with Crippen LogP contribution < -0.4 is 21.3 Å². The molecule has 9 nitrogen and oxygen atoms in total. The minimum atomic E-state index is -4.45. The Hall–Kier alpha value is -6.37. The topological polar surface area (TPSA) is 122 Å². The maximum absolute atomic E-state index is 14.3. The summed E-state index contributed by atoms with van der Waals surface area (Å²) in [5, 5.41) is 11.8. The minimum absolute atomic E-state index is 0.0477. The molecule has 1 heterocycles. The van der Waals surface area contributed by atoms with Crippen LogP contribution in [0, 0.1) is 17.6 Å². The number of anilines is 3. The van der Waals surface area contributed by atoms with Crippen LogP contribution in [0.25, 0.3) is 10.9 Å². The Kier molecular flexibility index (Phi) is 11.4. The number of hydrogen-bond acceptors (Lipinski definition) is 7. The van der Waals surface area contributed by atoms with Gasteiger partial charge in [-0.2, -0.15) is 5.10 Å². The number of nitrogens with zero attached hydrogens (tertiary/aromatic N) is 3. The lowest BCUT2D eigenvalue weighted by atomic mass is 9.77. The van der Waals surface area contributed by atoms with Crippen LogP contribution in [0.5, 0.6) is 0 Å². The molecule has 0 saturated heterocycles. The molecule has 0 bridgehead atoms. The molecule has 6 aromatic carbocycles. The molecule has 58 heavy (non-hydrogen) atoms. The molecule has 12 heteroatoms. The van der Waals surface area contributed by atoms with Crippen molar-refractivity contribution in [1.82, 2.24) is 15.1 Å². The molecule has 0 unspecified atom stereocenters. The molecule has 0 saturated carbocycles. The molecular weight excluding hydrogens is 755 g/mol. The summed E-state index contributed by atoms with van der Waals surface area (Å²) in [7, 11) is -2.50. The highest BCUT2D eigenvalue weighted by molar-refractivity contribution is 7.91. The van der Waals surface area contributed by atoms with E-state index >= 15 is 0 Å². The number of nitrogen functional groups attached to an aromatic ring is 1. The number of sulfone groups is 1. The standard InChI is InChI=1S/C46H44F2N6O3S/c1-31(2)30-50-23-24-53(3)37-19-21-40(42(49)28-37)45(55)51-44-41-29-38(58(56,57)39-26-35(47)25-36(48)27-39)20-22-43(41)54(52-44)46(32-13-7-4-8-14-32,33-15-9-5-10-16-33)34-17-11-6-12-18-34/h4-22,25-29,31,50H,23-24,30,49H2,1-3H3,(H,51,52,55). The molecule has 7 rings (SSSR count). The molecule has 0 atom stereocenters. The van der Waals surface area contributed by atoms with Crippen LogP contribution in [0.3, 0.4) is 0 Å². The fourth-order valence-electron chi connectivity index (χ4n) is 7.27. The van der Waals surface area contributed by atoms with Crippen molar-refractivity contribution in [2.45, 2.75) is 29.2 Å². The van der Waals surface area contributed by atoms with Crippen molar-refractivity contribution >= 4 is 43.8 Å². The van der Waals surface area contributed by atoms with Crippen LogP contribution in [0.15, 0.2) is 155 Å². The van der Waals surface area contributed by atoms with Crippen LogP contribution in [-0.4, -0.2) is 50.8 Å². The monoisotopic (exact) mass is 798 g/mol. The number of rotatable bonds is 14. The summed E-state index contributed by atoms with van der Waals surface area (Å²) in [6, 6.07) is 41.0. The SMILES string of the molecule is CC(C)CNCCN(C)c1ccc(C(=O)Nc2nn(C(c3ccccc3)(c3ccccc3)c3ccccc3)c3ccc(S(=O)(=O)c4cc(F)cc(F)c4)cc23)c(N)c1. The Morgan fingerprint density at radius 3 is 1.88 bits per heavy atom. The lowest BCUT2D eigenvalue weighted by Crippen LogP contribution is -2.38. The molecule has 0 aliphatic heterocycles. The number of aromatic nitrogens is 2. The van der Waals surface area contributed by atoms with Crippen LogP contribution in [0.1, 0.15) is 40.9 Å². The van der Waals surface area contributed by atoms with Crippen molar-refractivity contribution in [1.29, 1.82) is 0 Å². The van der Waals surface area contributed by atoms with Crippen LogP contribution in [-0.2, 0) is 15.4 Å². The predicted molar refractivity (Wildman–Crippen MR) is 226 cm³/mol. The van der Waals surface area contributed by atoms with E-state index in [0.29, 0.717) is 17.5 Å². The first-order valence-electron chi connectivity index (χ1n) is 18.9. The third kappa shape index (κ3) is 7.80. The first-order chi connectivity index (χ1) is 27.9. The van der Waals surface area contributed by atoms with E-state index in [-0.39, 0.29) is 27.4 Å². The van der Waals surface area contributed by atoms with Crippen molar-refractivity contribution in [3.8, 4) is 0 Å². The number of amides is 1. The number of benzene rings is 6. The van der Waals surface area contributed by atoms with E-state index in [9.17, 15) is 22.0 Å². The van der Waals surface area contributed by atoms with Crippen LogP contribution in [0.2, 0.25) is 0 Å². The van der Waals surface area contributed by atoms with Gasteiger partial charge >= 0.3 is 0 Å². The normalized spacial score (nSPS) is 11.9. The summed E-state index contributed by atoms with van der Waals surface area (Å²) >= 11 is 0. The quantitative estimate of drug-likeness (QED) is 0.0573. The predicted octanol–water partition coefficient (Wildman–Crippen LogP) is 8.50. The Balaban J connectivity index is 1.40. The third-order valence-electron chi connectivity index (χ3n) is 10.1. The average molecular weight is 799 g/mol. The molecule has 296 valence electrons. The number of carbonyl (C=O) groups is 1. The van der Waals surface area contributed by atoms with E-state index < -0.39 is 37.8 Å². The molecule has 0 radical (unpaired) electrons. The lowest BCUT2D eigenvalue weighted by molar-refractivity contribution is 0.102. The Morgan fingerprint density at radius 1 is 0.776 bits per heavy atom. The fraction of sp³-hybridized carbons (Fsp3) is 0.174. The van der Waals surface area contributed by atoms with Gasteiger partial charge in [-0.3, -0.25) is 4.79 Å². The highest BCUT2D eigenvalue weighted by Crippen LogP contribution is 2.44. The molecule has 0 aliphatic carbocycles. The summed E-state index contributed by atoms with van der Waals surface area (Å²) in [6.07, 6.45) is 0. The summed E-state index contributed by atoms with van der Waals surface area (Å²) in [5.74, 6) is -2.05. The van der Waals surface area contributed by atoms with E-state index in [1.807, 2.05) is 109 Å². The molecule has 0 spiro atoms. The molecule has 1 aromatic heterocycles. The van der Waals surface area contributed by atoms with E-state index in [4.69, 9.17) is 10.8 Å². The molecule has 7 aromatic rings. The maximum Gasteiger partial charge on any atom is 0.258 e. The number of hydrogen-bond donors (Lipinski definition) is 3. The maximum atomic E-state index is 14.3. The lowest BCUT2D eigenvalue weighted by Gasteiger charge is -2.37. The van der Waals surface area contributed by atoms with E-state index in [0.717, 1.165) is 54.1 Å². The molecule has 0 aliphatic rings. The van der Waals surface area contributed by atoms with Gasteiger partial charge < -0.3 is 21.3 Å². The summed E-state index contributed by atoms with van der Waals surface area (Å²) < 4.78 is 58.4. The van der Waals surface area contributed by atoms with Gasteiger partial charge in [0.05, 0.1) is 20.9 Å². The number of nitrogens with one attached hydrogen (secondary N) is 2. The van der Waals surface area contributed by atoms with Gasteiger partial charge in [0.2, 0.25) is 9.84 Å². The summed E-state index contributed by atoms with van der Waals surface area (Å²) in [5.41, 5.74) is 9.62. The highest BCUT2D eigenvalue weighted by Gasteiger charge is 2.41. The van der Waals surface area contributed by atoms with Gasteiger partial charge in [-0.1, -0.05) is 105 Å². The van der Waals surface area contributed by atoms with Crippen LogP contribution >= 0.6 is 0 Å². The van der Waals surface area contributed by atoms with Crippen molar-refractivity contribution in [2.24, 2.45) is 5.92 Å².